The number of nitrogens with one attached hydrogen (secondary N) is 1. The lowest BCUT2D eigenvalue weighted by Gasteiger charge is -2.39. The van der Waals surface area contributed by atoms with Gasteiger partial charge in [-0.3, -0.25) is 19.2 Å². The van der Waals surface area contributed by atoms with Crippen molar-refractivity contribution in [1.29, 1.82) is 0 Å². The summed E-state index contributed by atoms with van der Waals surface area (Å²) in [5.41, 5.74) is -0.884. The fraction of sp³-hybridized carbons (Fsp3) is 0.533. The Hall–Kier alpha value is -3.21. The molecule has 4 aliphatic rings. The summed E-state index contributed by atoms with van der Waals surface area (Å²) in [4.78, 5) is 57.7. The Morgan fingerprint density at radius 3 is 2.54 bits per heavy atom. The molecule has 7 atom stereocenters. The molecule has 4 heterocycles. The highest BCUT2D eigenvalue weighted by Gasteiger charge is 2.72. The van der Waals surface area contributed by atoms with Gasteiger partial charge in [-0.2, -0.15) is 0 Å². The van der Waals surface area contributed by atoms with Gasteiger partial charge in [-0.25, -0.2) is 0 Å². The van der Waals surface area contributed by atoms with Crippen LogP contribution in [-0.4, -0.2) is 83.3 Å². The highest BCUT2D eigenvalue weighted by atomic mass is 35.5. The van der Waals surface area contributed by atoms with E-state index in [-0.39, 0.29) is 43.8 Å². The first kappa shape index (κ1) is 29.3. The van der Waals surface area contributed by atoms with Crippen molar-refractivity contribution >= 4 is 41.0 Å². The van der Waals surface area contributed by atoms with Crippen LogP contribution in [0.4, 0.5) is 5.69 Å². The molecule has 5 rings (SSSR count). The van der Waals surface area contributed by atoms with E-state index >= 15 is 0 Å². The van der Waals surface area contributed by atoms with Crippen LogP contribution in [0.3, 0.4) is 0 Å². The highest BCUT2D eigenvalue weighted by Crippen LogP contribution is 2.54. The summed E-state index contributed by atoms with van der Waals surface area (Å²) in [7, 11) is 0. The number of esters is 1. The van der Waals surface area contributed by atoms with Gasteiger partial charge in [0.05, 0.1) is 31.2 Å². The molecule has 2 saturated heterocycles. The van der Waals surface area contributed by atoms with E-state index in [1.165, 1.54) is 4.90 Å². The van der Waals surface area contributed by atoms with Crippen LogP contribution < -0.4 is 10.2 Å². The molecule has 0 unspecified atom stereocenters. The van der Waals surface area contributed by atoms with Gasteiger partial charge in [0.15, 0.2) is 0 Å². The number of allylic oxidation sites excluding steroid dienone is 1. The van der Waals surface area contributed by atoms with Crippen LogP contribution in [0.25, 0.3) is 0 Å². The zero-order chi connectivity index (χ0) is 29.5. The van der Waals surface area contributed by atoms with E-state index in [1.807, 2.05) is 13.8 Å². The number of ether oxygens (including phenoxy) is 2. The van der Waals surface area contributed by atoms with Gasteiger partial charge in [-0.05, 0) is 43.5 Å². The maximum Gasteiger partial charge on any atom is 0.313 e. The molecule has 2 fully saturated rings. The van der Waals surface area contributed by atoms with Gasteiger partial charge < -0.3 is 29.7 Å². The van der Waals surface area contributed by atoms with Crippen molar-refractivity contribution in [3.63, 3.8) is 0 Å². The Balaban J connectivity index is 1.63. The smallest absolute Gasteiger partial charge is 0.313 e. The number of hydrogen-bond donors (Lipinski definition) is 2. The van der Waals surface area contributed by atoms with Crippen LogP contribution in [0.5, 0.6) is 0 Å². The van der Waals surface area contributed by atoms with Crippen molar-refractivity contribution in [2.24, 2.45) is 17.8 Å². The molecule has 1 spiro atoms. The minimum Gasteiger partial charge on any atom is -0.460 e. The zero-order valence-corrected chi connectivity index (χ0v) is 24.1. The molecule has 0 aliphatic carbocycles. The summed E-state index contributed by atoms with van der Waals surface area (Å²) in [5.74, 6) is -3.90. The summed E-state index contributed by atoms with van der Waals surface area (Å²) >= 11 is 6.10. The number of amides is 3. The van der Waals surface area contributed by atoms with Crippen LogP contribution in [0.2, 0.25) is 5.02 Å². The van der Waals surface area contributed by atoms with E-state index in [0.717, 1.165) is 0 Å². The minimum absolute atomic E-state index is 0.138. The monoisotopic (exact) mass is 585 g/mol. The fourth-order valence-corrected chi connectivity index (χ4v) is 6.56. The molecule has 11 heteroatoms. The number of rotatable bonds is 4. The standard InChI is InChI=1S/C30H36ClN3O7/c1-17(2)21(16-35)34-26-28(38)33(20-11-9-19(31)10-12-20)14-6-13-30(26)25(27(34)37)24-22(41-30)7-4-5-8-23(36)32-15-18(3)40-29(24)39/h4,6-7,9-13,17-18,21-22,24-26,35H,5,8,14-16H2,1-3H3,(H,32,36)/b7-4-/t18-,21-,22-,24+,25+,26-,30+/m0/s1. The highest BCUT2D eigenvalue weighted by molar-refractivity contribution is 6.30. The predicted octanol–water partition coefficient (Wildman–Crippen LogP) is 2.24. The summed E-state index contributed by atoms with van der Waals surface area (Å²) < 4.78 is 12.4. The Bertz CT molecular complexity index is 1270. The van der Waals surface area contributed by atoms with Crippen molar-refractivity contribution in [2.75, 3.05) is 24.6 Å². The molecule has 0 radical (unpaired) electrons. The number of nitrogens with zero attached hydrogens (tertiary/aromatic N) is 2. The Morgan fingerprint density at radius 1 is 1.12 bits per heavy atom. The SMILES string of the molecule is CC(C)[C@H](CO)N1C(=O)[C@H]2[C@@H]3C(=O)O[C@@H](C)CNC(=O)CC/C=C\[C@@H]3O[C@]23C=CCN(c2ccc(Cl)cc2)C(=O)[C@H]13. The van der Waals surface area contributed by atoms with E-state index in [9.17, 15) is 24.3 Å². The van der Waals surface area contributed by atoms with Gasteiger partial charge in [0, 0.05) is 23.7 Å². The first-order chi connectivity index (χ1) is 19.6. The van der Waals surface area contributed by atoms with E-state index in [2.05, 4.69) is 5.32 Å². The van der Waals surface area contributed by atoms with Gasteiger partial charge in [-0.1, -0.05) is 49.8 Å². The number of likely N-dealkylation sites (tertiary alicyclic amines) is 1. The number of halogens is 1. The Morgan fingerprint density at radius 2 is 1.85 bits per heavy atom. The Labute approximate surface area is 244 Å². The average molecular weight is 586 g/mol. The normalized spacial score (nSPS) is 33.7. The number of carbonyl (C=O) groups excluding carboxylic acids is 4. The predicted molar refractivity (Wildman–Crippen MR) is 151 cm³/mol. The second-order valence-corrected chi connectivity index (χ2v) is 11.9. The number of cyclic esters (lactones) is 1. The van der Waals surface area contributed by atoms with Gasteiger partial charge in [0.1, 0.15) is 23.7 Å². The third kappa shape index (κ3) is 5.17. The fourth-order valence-electron chi connectivity index (χ4n) is 6.43. The number of aliphatic hydroxyl groups is 1. The summed E-state index contributed by atoms with van der Waals surface area (Å²) in [6.07, 6.45) is 6.15. The van der Waals surface area contributed by atoms with Gasteiger partial charge in [0.25, 0.3) is 5.91 Å². The molecule has 3 amide bonds. The lowest BCUT2D eigenvalue weighted by Crippen LogP contribution is -2.59. The van der Waals surface area contributed by atoms with Crippen LogP contribution >= 0.6 is 11.6 Å². The van der Waals surface area contributed by atoms with Crippen molar-refractivity contribution in [3.8, 4) is 0 Å². The largest absolute Gasteiger partial charge is 0.460 e. The number of carbonyl (C=O) groups is 4. The number of hydrogen-bond acceptors (Lipinski definition) is 7. The lowest BCUT2D eigenvalue weighted by atomic mass is 9.78. The van der Waals surface area contributed by atoms with Gasteiger partial charge >= 0.3 is 5.97 Å². The number of anilines is 1. The molecule has 220 valence electrons. The number of fused-ring (bicyclic) bond motifs is 2. The molecule has 4 aliphatic heterocycles. The van der Waals surface area contributed by atoms with E-state index in [1.54, 1.807) is 60.4 Å². The number of aliphatic hydroxyl groups excluding tert-OH is 1. The van der Waals surface area contributed by atoms with Gasteiger partial charge in [-0.15, -0.1) is 0 Å². The molecular formula is C30H36ClN3O7. The number of benzene rings is 1. The molecule has 0 aromatic heterocycles. The van der Waals surface area contributed by atoms with Crippen molar-refractivity contribution < 1.29 is 33.8 Å². The quantitative estimate of drug-likeness (QED) is 0.410. The van der Waals surface area contributed by atoms with Crippen LogP contribution in [-0.2, 0) is 28.7 Å². The lowest BCUT2D eigenvalue weighted by molar-refractivity contribution is -0.159. The van der Waals surface area contributed by atoms with E-state index < -0.39 is 53.6 Å². The van der Waals surface area contributed by atoms with Gasteiger partial charge in [0.2, 0.25) is 11.8 Å². The second kappa shape index (κ2) is 11.6. The maximum atomic E-state index is 14.5. The van der Waals surface area contributed by atoms with E-state index in [4.69, 9.17) is 21.1 Å². The summed E-state index contributed by atoms with van der Waals surface area (Å²) in [6.45, 7) is 5.40. The maximum absolute atomic E-state index is 14.5. The third-order valence-corrected chi connectivity index (χ3v) is 8.68. The molecule has 0 saturated carbocycles. The molecule has 1 aromatic rings. The summed E-state index contributed by atoms with van der Waals surface area (Å²) in [6, 6.07) is 5.01. The minimum atomic E-state index is -1.48. The van der Waals surface area contributed by atoms with Crippen LogP contribution in [0.15, 0.2) is 48.6 Å². The van der Waals surface area contributed by atoms with Crippen LogP contribution in [0, 0.1) is 17.8 Å². The molecule has 1 aromatic carbocycles. The first-order valence-electron chi connectivity index (χ1n) is 14.1. The molecular weight excluding hydrogens is 550 g/mol. The third-order valence-electron chi connectivity index (χ3n) is 8.42. The first-order valence-corrected chi connectivity index (χ1v) is 14.5. The second-order valence-electron chi connectivity index (χ2n) is 11.4. The summed E-state index contributed by atoms with van der Waals surface area (Å²) in [5, 5.41) is 13.7. The molecule has 0 bridgehead atoms. The van der Waals surface area contributed by atoms with Crippen molar-refractivity contribution in [1.82, 2.24) is 10.2 Å². The zero-order valence-electron chi connectivity index (χ0n) is 23.4. The average Bonchev–Trinajstić information content (AvgIpc) is 3.31. The van der Waals surface area contributed by atoms with Crippen molar-refractivity contribution in [3.05, 3.63) is 53.6 Å². The topological polar surface area (TPSA) is 125 Å². The molecule has 41 heavy (non-hydrogen) atoms. The van der Waals surface area contributed by atoms with Crippen LogP contribution in [0.1, 0.15) is 33.6 Å². The molecule has 2 N–H and O–H groups in total. The Kier molecular flexibility index (Phi) is 8.27. The van der Waals surface area contributed by atoms with Crippen molar-refractivity contribution in [2.45, 2.75) is 63.5 Å². The molecule has 10 nitrogen and oxygen atoms in total. The van der Waals surface area contributed by atoms with E-state index in [0.29, 0.717) is 17.1 Å².